The Balaban J connectivity index is 1.59. The zero-order valence-corrected chi connectivity index (χ0v) is 12.8. The molecule has 0 unspecified atom stereocenters. The molecule has 0 bridgehead atoms. The van der Waals surface area contributed by atoms with E-state index in [-0.39, 0.29) is 0 Å². The minimum atomic E-state index is 0.522. The molecule has 0 radical (unpaired) electrons. The van der Waals surface area contributed by atoms with Gasteiger partial charge >= 0.3 is 0 Å². The molecule has 2 aromatic rings. The molecule has 1 aromatic carbocycles. The molecule has 4 heteroatoms. The Morgan fingerprint density at radius 2 is 2.10 bits per heavy atom. The van der Waals surface area contributed by atoms with Crippen LogP contribution in [0.15, 0.2) is 47.1 Å². The van der Waals surface area contributed by atoms with E-state index >= 15 is 0 Å². The van der Waals surface area contributed by atoms with Crippen LogP contribution in [0.2, 0.25) is 0 Å². The van der Waals surface area contributed by atoms with Gasteiger partial charge in [-0.1, -0.05) is 34.1 Å². The molecule has 1 N–H and O–H groups in total. The molecule has 0 saturated heterocycles. The summed E-state index contributed by atoms with van der Waals surface area (Å²) in [6, 6.07) is 12.8. The molecule has 0 aliphatic heterocycles. The maximum atomic E-state index is 5.77. The Labute approximate surface area is 127 Å². The number of halogens is 1. The topological polar surface area (TPSA) is 34.1 Å². The predicted molar refractivity (Wildman–Crippen MR) is 82.6 cm³/mol. The first-order valence-corrected chi connectivity index (χ1v) is 7.65. The zero-order valence-electron chi connectivity index (χ0n) is 11.2. The Morgan fingerprint density at radius 1 is 1.25 bits per heavy atom. The molecule has 0 amide bonds. The lowest BCUT2D eigenvalue weighted by Gasteiger charge is -2.08. The maximum absolute atomic E-state index is 5.77. The van der Waals surface area contributed by atoms with Gasteiger partial charge < -0.3 is 10.1 Å². The van der Waals surface area contributed by atoms with Crippen LogP contribution in [0.5, 0.6) is 5.88 Å². The summed E-state index contributed by atoms with van der Waals surface area (Å²) < 4.78 is 6.83. The maximum Gasteiger partial charge on any atom is 0.213 e. The highest BCUT2D eigenvalue weighted by Crippen LogP contribution is 2.21. The second-order valence-electron chi connectivity index (χ2n) is 5.04. The molecular formula is C16H17BrN2O. The number of nitrogens with zero attached hydrogens (tertiary/aromatic N) is 1. The van der Waals surface area contributed by atoms with Crippen molar-refractivity contribution in [2.75, 3.05) is 0 Å². The van der Waals surface area contributed by atoms with Gasteiger partial charge in [-0.25, -0.2) is 4.98 Å². The zero-order chi connectivity index (χ0) is 13.8. The van der Waals surface area contributed by atoms with Crippen LogP contribution in [0.4, 0.5) is 0 Å². The van der Waals surface area contributed by atoms with E-state index in [0.29, 0.717) is 18.5 Å². The van der Waals surface area contributed by atoms with Crippen molar-refractivity contribution in [3.8, 4) is 5.88 Å². The van der Waals surface area contributed by atoms with Crippen LogP contribution in [-0.4, -0.2) is 11.0 Å². The summed E-state index contributed by atoms with van der Waals surface area (Å²) in [4.78, 5) is 4.26. The molecule has 0 atom stereocenters. The molecule has 1 aliphatic rings. The smallest absolute Gasteiger partial charge is 0.213 e. The molecule has 1 aliphatic carbocycles. The van der Waals surface area contributed by atoms with Crippen LogP contribution in [0.1, 0.15) is 24.0 Å². The monoisotopic (exact) mass is 332 g/mol. The van der Waals surface area contributed by atoms with Gasteiger partial charge in [0.2, 0.25) is 5.88 Å². The van der Waals surface area contributed by atoms with Crippen molar-refractivity contribution in [2.45, 2.75) is 32.0 Å². The minimum Gasteiger partial charge on any atom is -0.473 e. The van der Waals surface area contributed by atoms with Crippen molar-refractivity contribution in [3.63, 3.8) is 0 Å². The predicted octanol–water partition coefficient (Wildman–Crippen LogP) is 3.68. The third-order valence-electron chi connectivity index (χ3n) is 3.30. The molecule has 1 aromatic heterocycles. The Kier molecular flexibility index (Phi) is 4.33. The molecule has 20 heavy (non-hydrogen) atoms. The fourth-order valence-electron chi connectivity index (χ4n) is 1.96. The van der Waals surface area contributed by atoms with E-state index in [1.165, 1.54) is 18.4 Å². The summed E-state index contributed by atoms with van der Waals surface area (Å²) in [5.74, 6) is 0.677. The molecule has 1 heterocycles. The van der Waals surface area contributed by atoms with Crippen LogP contribution in [0.25, 0.3) is 0 Å². The number of hydrogen-bond donors (Lipinski definition) is 1. The summed E-state index contributed by atoms with van der Waals surface area (Å²) in [6.45, 7) is 1.41. The SMILES string of the molecule is Brc1ccccc1COc1cc(CNC2CC2)ccn1. The van der Waals surface area contributed by atoms with Crippen LogP contribution in [-0.2, 0) is 13.2 Å². The fraction of sp³-hybridized carbons (Fsp3) is 0.312. The van der Waals surface area contributed by atoms with E-state index in [2.05, 4.69) is 26.2 Å². The van der Waals surface area contributed by atoms with E-state index in [1.807, 2.05) is 36.4 Å². The lowest BCUT2D eigenvalue weighted by Crippen LogP contribution is -2.15. The normalized spacial score (nSPS) is 14.2. The molecule has 104 valence electrons. The van der Waals surface area contributed by atoms with Gasteiger partial charge in [-0.15, -0.1) is 0 Å². The number of hydrogen-bond acceptors (Lipinski definition) is 3. The third kappa shape index (κ3) is 3.81. The van der Waals surface area contributed by atoms with E-state index in [9.17, 15) is 0 Å². The third-order valence-corrected chi connectivity index (χ3v) is 4.08. The highest BCUT2D eigenvalue weighted by Gasteiger charge is 2.19. The van der Waals surface area contributed by atoms with Crippen molar-refractivity contribution < 1.29 is 4.74 Å². The first-order valence-electron chi connectivity index (χ1n) is 6.86. The Morgan fingerprint density at radius 3 is 2.90 bits per heavy atom. The first-order chi connectivity index (χ1) is 9.81. The van der Waals surface area contributed by atoms with Crippen molar-refractivity contribution in [2.24, 2.45) is 0 Å². The van der Waals surface area contributed by atoms with Crippen LogP contribution < -0.4 is 10.1 Å². The van der Waals surface area contributed by atoms with Crippen LogP contribution in [0, 0.1) is 0 Å². The lowest BCUT2D eigenvalue weighted by atomic mass is 10.2. The molecule has 3 rings (SSSR count). The molecular weight excluding hydrogens is 316 g/mol. The van der Waals surface area contributed by atoms with Gasteiger partial charge in [0, 0.05) is 34.9 Å². The van der Waals surface area contributed by atoms with Crippen LogP contribution >= 0.6 is 15.9 Å². The summed E-state index contributed by atoms with van der Waals surface area (Å²) >= 11 is 3.52. The highest BCUT2D eigenvalue weighted by atomic mass is 79.9. The number of pyridine rings is 1. The van der Waals surface area contributed by atoms with Crippen molar-refractivity contribution >= 4 is 15.9 Å². The number of nitrogens with one attached hydrogen (secondary N) is 1. The molecule has 0 spiro atoms. The number of rotatable bonds is 6. The van der Waals surface area contributed by atoms with Gasteiger partial charge in [0.25, 0.3) is 0 Å². The molecule has 3 nitrogen and oxygen atoms in total. The fourth-order valence-corrected chi connectivity index (χ4v) is 2.36. The highest BCUT2D eigenvalue weighted by molar-refractivity contribution is 9.10. The van der Waals surface area contributed by atoms with Gasteiger partial charge in [-0.3, -0.25) is 0 Å². The summed E-state index contributed by atoms with van der Waals surface area (Å²) in [5.41, 5.74) is 2.34. The average molecular weight is 333 g/mol. The summed E-state index contributed by atoms with van der Waals surface area (Å²) in [5, 5.41) is 3.49. The van der Waals surface area contributed by atoms with Gasteiger partial charge in [-0.2, -0.15) is 0 Å². The standard InChI is InChI=1S/C16H17BrN2O/c17-15-4-2-1-3-13(15)11-20-16-9-12(7-8-18-16)10-19-14-5-6-14/h1-4,7-9,14,19H,5-6,10-11H2. The van der Waals surface area contributed by atoms with E-state index in [4.69, 9.17) is 4.74 Å². The van der Waals surface area contributed by atoms with Crippen molar-refractivity contribution in [1.29, 1.82) is 0 Å². The average Bonchev–Trinajstić information content (AvgIpc) is 3.29. The molecule has 1 fully saturated rings. The van der Waals surface area contributed by atoms with Gasteiger partial charge in [0.05, 0.1) is 0 Å². The van der Waals surface area contributed by atoms with E-state index in [0.717, 1.165) is 16.6 Å². The minimum absolute atomic E-state index is 0.522. The lowest BCUT2D eigenvalue weighted by molar-refractivity contribution is 0.293. The second kappa shape index (κ2) is 6.37. The van der Waals surface area contributed by atoms with E-state index < -0.39 is 0 Å². The van der Waals surface area contributed by atoms with Crippen LogP contribution in [0.3, 0.4) is 0 Å². The van der Waals surface area contributed by atoms with E-state index in [1.54, 1.807) is 6.20 Å². The van der Waals surface area contributed by atoms with Gasteiger partial charge in [-0.05, 0) is 30.5 Å². The summed E-state index contributed by atoms with van der Waals surface area (Å²) in [6.07, 6.45) is 4.41. The number of ether oxygens (including phenoxy) is 1. The van der Waals surface area contributed by atoms with Gasteiger partial charge in [0.1, 0.15) is 6.61 Å². The first kappa shape index (κ1) is 13.6. The van der Waals surface area contributed by atoms with Crippen molar-refractivity contribution in [1.82, 2.24) is 10.3 Å². The largest absolute Gasteiger partial charge is 0.473 e. The summed E-state index contributed by atoms with van der Waals surface area (Å²) in [7, 11) is 0. The Hall–Kier alpha value is -1.39. The number of aromatic nitrogens is 1. The quantitative estimate of drug-likeness (QED) is 0.876. The second-order valence-corrected chi connectivity index (χ2v) is 5.89. The number of benzene rings is 1. The van der Waals surface area contributed by atoms with Crippen molar-refractivity contribution in [3.05, 3.63) is 58.2 Å². The molecule has 1 saturated carbocycles. The Bertz CT molecular complexity index is 584. The van der Waals surface area contributed by atoms with Gasteiger partial charge in [0.15, 0.2) is 0 Å².